The van der Waals surface area contributed by atoms with Crippen molar-refractivity contribution in [1.82, 2.24) is 5.32 Å². The molecule has 1 aliphatic carbocycles. The molecule has 1 fully saturated rings. The Morgan fingerprint density at radius 3 is 2.57 bits per heavy atom. The summed E-state index contributed by atoms with van der Waals surface area (Å²) in [6.45, 7) is 6.64. The molecule has 0 saturated heterocycles. The van der Waals surface area contributed by atoms with Crippen molar-refractivity contribution in [2.45, 2.75) is 52.4 Å². The third-order valence-electron chi connectivity index (χ3n) is 4.66. The highest BCUT2D eigenvalue weighted by Gasteiger charge is 2.23. The highest BCUT2D eigenvalue weighted by Crippen LogP contribution is 2.31. The molecule has 0 aromatic heterocycles. The third kappa shape index (κ3) is 5.78. The Hall–Kier alpha value is -0.890. The fourth-order valence-electron chi connectivity index (χ4n) is 3.54. The number of rotatable bonds is 7. The van der Waals surface area contributed by atoms with Gasteiger partial charge in [-0.1, -0.05) is 58.1 Å². The summed E-state index contributed by atoms with van der Waals surface area (Å²) < 4.78 is 13.4. The first kappa shape index (κ1) is 16.5. The van der Waals surface area contributed by atoms with E-state index < -0.39 is 0 Å². The monoisotopic (exact) mass is 291 g/mol. The van der Waals surface area contributed by atoms with Gasteiger partial charge >= 0.3 is 0 Å². The van der Waals surface area contributed by atoms with E-state index in [-0.39, 0.29) is 5.82 Å². The van der Waals surface area contributed by atoms with E-state index in [9.17, 15) is 4.39 Å². The molecule has 2 rings (SSSR count). The average molecular weight is 291 g/mol. The number of nitrogens with one attached hydrogen (secondary N) is 1. The van der Waals surface area contributed by atoms with Crippen LogP contribution in [0.2, 0.25) is 0 Å². The molecular formula is C19H30FN. The zero-order valence-corrected chi connectivity index (χ0v) is 13.6. The van der Waals surface area contributed by atoms with Gasteiger partial charge in [0.25, 0.3) is 0 Å². The van der Waals surface area contributed by atoms with Gasteiger partial charge in [0.05, 0.1) is 0 Å². The van der Waals surface area contributed by atoms with Gasteiger partial charge in [-0.15, -0.1) is 0 Å². The van der Waals surface area contributed by atoms with Crippen LogP contribution in [0.1, 0.15) is 51.5 Å². The van der Waals surface area contributed by atoms with Crippen LogP contribution in [0.3, 0.4) is 0 Å². The molecule has 0 radical (unpaired) electrons. The van der Waals surface area contributed by atoms with Crippen LogP contribution in [0.25, 0.3) is 0 Å². The lowest BCUT2D eigenvalue weighted by atomic mass is 9.77. The van der Waals surface area contributed by atoms with Crippen molar-refractivity contribution >= 4 is 0 Å². The second-order valence-corrected chi connectivity index (χ2v) is 7.04. The van der Waals surface area contributed by atoms with Gasteiger partial charge in [-0.2, -0.15) is 0 Å². The highest BCUT2D eigenvalue weighted by atomic mass is 19.1. The summed E-state index contributed by atoms with van der Waals surface area (Å²) >= 11 is 0. The largest absolute Gasteiger partial charge is 0.316 e. The summed E-state index contributed by atoms with van der Waals surface area (Å²) in [5.74, 6) is 2.03. The maximum absolute atomic E-state index is 13.4. The molecule has 0 aliphatic heterocycles. The Morgan fingerprint density at radius 2 is 1.90 bits per heavy atom. The lowest BCUT2D eigenvalue weighted by molar-refractivity contribution is 0.237. The van der Waals surface area contributed by atoms with Crippen LogP contribution < -0.4 is 5.32 Å². The minimum Gasteiger partial charge on any atom is -0.316 e. The summed E-state index contributed by atoms with van der Waals surface area (Å²) in [6.07, 6.45) is 7.84. The van der Waals surface area contributed by atoms with Crippen LogP contribution in [-0.4, -0.2) is 13.1 Å². The normalized spacial score (nSPS) is 18.1. The number of hydrogen-bond donors (Lipinski definition) is 1. The average Bonchev–Trinajstić information content (AvgIpc) is 2.47. The van der Waals surface area contributed by atoms with Crippen molar-refractivity contribution < 1.29 is 4.39 Å². The molecule has 118 valence electrons. The standard InChI is InChI=1S/C19H30FN/c1-15(2)13-21-14-18(17-8-4-3-5-9-17)11-16-7-6-10-19(20)12-16/h6-7,10,12,15,17-18,21H,3-5,8-9,11,13-14H2,1-2H3. The molecule has 1 N–H and O–H groups in total. The number of hydrogen-bond acceptors (Lipinski definition) is 1. The molecule has 21 heavy (non-hydrogen) atoms. The van der Waals surface area contributed by atoms with Gasteiger partial charge in [0, 0.05) is 0 Å². The molecular weight excluding hydrogens is 261 g/mol. The van der Waals surface area contributed by atoms with E-state index in [1.165, 1.54) is 38.2 Å². The minimum absolute atomic E-state index is 0.106. The zero-order chi connectivity index (χ0) is 15.1. The van der Waals surface area contributed by atoms with E-state index in [0.717, 1.165) is 31.0 Å². The second kappa shape index (κ2) is 8.53. The van der Waals surface area contributed by atoms with E-state index in [0.29, 0.717) is 11.8 Å². The smallest absolute Gasteiger partial charge is 0.123 e. The Balaban J connectivity index is 1.96. The van der Waals surface area contributed by atoms with Gasteiger partial charge in [-0.05, 0) is 55.0 Å². The highest BCUT2D eigenvalue weighted by molar-refractivity contribution is 5.17. The first-order valence-corrected chi connectivity index (χ1v) is 8.60. The summed E-state index contributed by atoms with van der Waals surface area (Å²) in [5.41, 5.74) is 1.15. The van der Waals surface area contributed by atoms with Crippen LogP contribution in [0.15, 0.2) is 24.3 Å². The Kier molecular flexibility index (Phi) is 6.69. The predicted molar refractivity (Wildman–Crippen MR) is 87.9 cm³/mol. The first-order valence-electron chi connectivity index (χ1n) is 8.60. The van der Waals surface area contributed by atoms with Crippen molar-refractivity contribution in [1.29, 1.82) is 0 Å². The van der Waals surface area contributed by atoms with Crippen molar-refractivity contribution in [2.24, 2.45) is 17.8 Å². The van der Waals surface area contributed by atoms with Gasteiger partial charge < -0.3 is 5.32 Å². The first-order chi connectivity index (χ1) is 10.1. The van der Waals surface area contributed by atoms with E-state index in [1.807, 2.05) is 6.07 Å². The molecule has 1 aliphatic rings. The Morgan fingerprint density at radius 1 is 1.14 bits per heavy atom. The number of benzene rings is 1. The molecule has 0 amide bonds. The zero-order valence-electron chi connectivity index (χ0n) is 13.6. The van der Waals surface area contributed by atoms with Crippen molar-refractivity contribution in [3.63, 3.8) is 0 Å². The van der Waals surface area contributed by atoms with E-state index in [1.54, 1.807) is 6.07 Å². The molecule has 2 heteroatoms. The van der Waals surface area contributed by atoms with Crippen LogP contribution in [0.4, 0.5) is 4.39 Å². The molecule has 1 saturated carbocycles. The van der Waals surface area contributed by atoms with Crippen molar-refractivity contribution in [2.75, 3.05) is 13.1 Å². The maximum atomic E-state index is 13.4. The van der Waals surface area contributed by atoms with Gasteiger partial charge in [-0.3, -0.25) is 0 Å². The van der Waals surface area contributed by atoms with Crippen molar-refractivity contribution in [3.05, 3.63) is 35.6 Å². The molecule has 1 atom stereocenters. The summed E-state index contributed by atoms with van der Waals surface area (Å²) in [4.78, 5) is 0. The van der Waals surface area contributed by atoms with Crippen LogP contribution in [0, 0.1) is 23.6 Å². The summed E-state index contributed by atoms with van der Waals surface area (Å²) in [6, 6.07) is 7.15. The van der Waals surface area contributed by atoms with Gasteiger partial charge in [0.1, 0.15) is 5.82 Å². The molecule has 0 bridgehead atoms. The molecule has 1 nitrogen and oxygen atoms in total. The van der Waals surface area contributed by atoms with Crippen LogP contribution in [-0.2, 0) is 6.42 Å². The van der Waals surface area contributed by atoms with Crippen LogP contribution >= 0.6 is 0 Å². The van der Waals surface area contributed by atoms with Gasteiger partial charge in [0.2, 0.25) is 0 Å². The maximum Gasteiger partial charge on any atom is 0.123 e. The fraction of sp³-hybridized carbons (Fsp3) is 0.684. The topological polar surface area (TPSA) is 12.0 Å². The molecule has 1 aromatic carbocycles. The fourth-order valence-corrected chi connectivity index (χ4v) is 3.54. The second-order valence-electron chi connectivity index (χ2n) is 7.04. The molecule has 0 heterocycles. The Bertz CT molecular complexity index is 410. The lowest BCUT2D eigenvalue weighted by Gasteiger charge is -2.31. The van der Waals surface area contributed by atoms with Crippen molar-refractivity contribution in [3.8, 4) is 0 Å². The quantitative estimate of drug-likeness (QED) is 0.760. The van der Waals surface area contributed by atoms with Gasteiger partial charge in [0.15, 0.2) is 0 Å². The van der Waals surface area contributed by atoms with Crippen LogP contribution in [0.5, 0.6) is 0 Å². The molecule has 0 spiro atoms. The number of halogens is 1. The summed E-state index contributed by atoms with van der Waals surface area (Å²) in [7, 11) is 0. The SMILES string of the molecule is CC(C)CNCC(Cc1cccc(F)c1)C1CCCCC1. The van der Waals surface area contributed by atoms with E-state index >= 15 is 0 Å². The lowest BCUT2D eigenvalue weighted by Crippen LogP contribution is -2.33. The third-order valence-corrected chi connectivity index (χ3v) is 4.66. The minimum atomic E-state index is -0.106. The van der Waals surface area contributed by atoms with E-state index in [2.05, 4.69) is 25.2 Å². The molecule has 1 aromatic rings. The summed E-state index contributed by atoms with van der Waals surface area (Å²) in [5, 5.41) is 3.62. The predicted octanol–water partition coefficient (Wildman–Crippen LogP) is 4.81. The Labute approximate surface area is 129 Å². The van der Waals surface area contributed by atoms with Gasteiger partial charge in [-0.25, -0.2) is 4.39 Å². The van der Waals surface area contributed by atoms with E-state index in [4.69, 9.17) is 0 Å². The molecule has 1 unspecified atom stereocenters.